The second kappa shape index (κ2) is 5.53. The van der Waals surface area contributed by atoms with E-state index in [4.69, 9.17) is 9.47 Å². The summed E-state index contributed by atoms with van der Waals surface area (Å²) in [5.41, 5.74) is -0.147. The van der Waals surface area contributed by atoms with E-state index in [2.05, 4.69) is 0 Å². The van der Waals surface area contributed by atoms with Gasteiger partial charge in [0.15, 0.2) is 11.5 Å². The SMILES string of the molecule is COC1=C(C)[C@@H]2CC(=O)O[C@@H]3C[C@H]4C(C)=C[C@H](O)C(=O)[C@]4(C)[C@@H](C1=O)[C@@]32C. The molecule has 146 valence electrons. The Morgan fingerprint density at radius 2 is 1.85 bits per heavy atom. The van der Waals surface area contributed by atoms with E-state index in [0.29, 0.717) is 6.42 Å². The zero-order chi connectivity index (χ0) is 19.9. The first-order chi connectivity index (χ1) is 12.6. The molecule has 0 radical (unpaired) electrons. The Morgan fingerprint density at radius 3 is 2.48 bits per heavy atom. The summed E-state index contributed by atoms with van der Waals surface area (Å²) < 4.78 is 11.2. The van der Waals surface area contributed by atoms with Crippen LogP contribution in [0.15, 0.2) is 23.0 Å². The number of carbonyl (C=O) groups excluding carboxylic acids is 3. The lowest BCUT2D eigenvalue weighted by molar-refractivity contribution is -0.213. The van der Waals surface area contributed by atoms with Crippen LogP contribution < -0.4 is 0 Å². The number of esters is 1. The quantitative estimate of drug-likeness (QED) is 0.557. The molecule has 1 saturated carbocycles. The molecule has 0 amide bonds. The van der Waals surface area contributed by atoms with Gasteiger partial charge >= 0.3 is 5.97 Å². The second-order valence-corrected chi connectivity index (χ2v) is 8.91. The normalized spacial score (nSPS) is 46.4. The van der Waals surface area contributed by atoms with Crippen molar-refractivity contribution in [3.05, 3.63) is 23.0 Å². The summed E-state index contributed by atoms with van der Waals surface area (Å²) in [6.07, 6.45) is 0.542. The number of Topliss-reactive ketones (excluding diaryl/α,β-unsaturated/α-hetero) is 2. The Kier molecular flexibility index (Phi) is 3.77. The van der Waals surface area contributed by atoms with Crippen LogP contribution in [0.4, 0.5) is 0 Å². The van der Waals surface area contributed by atoms with Crippen LogP contribution in [0.1, 0.15) is 40.5 Å². The number of aliphatic hydroxyl groups is 1. The third-order valence-corrected chi connectivity index (χ3v) is 7.83. The van der Waals surface area contributed by atoms with E-state index in [-0.39, 0.29) is 41.6 Å². The van der Waals surface area contributed by atoms with Crippen LogP contribution in [-0.2, 0) is 23.9 Å². The number of carbonyl (C=O) groups is 3. The van der Waals surface area contributed by atoms with E-state index in [9.17, 15) is 19.5 Å². The second-order valence-electron chi connectivity index (χ2n) is 8.91. The standard InChI is InChI=1S/C21H26O6/c1-9-6-13(22)19(25)21(4)11(9)7-14-20(3)12(8-15(23)27-14)10(2)17(26-5)16(24)18(20)21/h6,11-14,18,22H,7-8H2,1-5H3/t11-,12-,13-,14+,18-,20+,21-/m0/s1. The van der Waals surface area contributed by atoms with Gasteiger partial charge < -0.3 is 14.6 Å². The highest BCUT2D eigenvalue weighted by Gasteiger charge is 2.71. The smallest absolute Gasteiger partial charge is 0.306 e. The Morgan fingerprint density at radius 1 is 1.19 bits per heavy atom. The Hall–Kier alpha value is -1.95. The van der Waals surface area contributed by atoms with Crippen molar-refractivity contribution in [2.45, 2.75) is 52.7 Å². The monoisotopic (exact) mass is 374 g/mol. The molecule has 7 atom stereocenters. The van der Waals surface area contributed by atoms with Crippen molar-refractivity contribution in [3.63, 3.8) is 0 Å². The summed E-state index contributed by atoms with van der Waals surface area (Å²) in [4.78, 5) is 39.1. The van der Waals surface area contributed by atoms with Gasteiger partial charge in [-0.3, -0.25) is 14.4 Å². The molecule has 0 spiro atoms. The largest absolute Gasteiger partial charge is 0.493 e. The number of methoxy groups -OCH3 is 1. The average molecular weight is 374 g/mol. The van der Waals surface area contributed by atoms with Crippen molar-refractivity contribution in [3.8, 4) is 0 Å². The van der Waals surface area contributed by atoms with E-state index < -0.39 is 29.0 Å². The number of ketones is 2. The van der Waals surface area contributed by atoms with Gasteiger partial charge in [-0.05, 0) is 37.8 Å². The average Bonchev–Trinajstić information content (AvgIpc) is 2.58. The van der Waals surface area contributed by atoms with E-state index in [1.54, 1.807) is 13.0 Å². The number of allylic oxidation sites excluding steroid dienone is 3. The molecule has 0 unspecified atom stereocenters. The summed E-state index contributed by atoms with van der Waals surface area (Å²) in [7, 11) is 1.45. The number of fused-ring (bicyclic) bond motifs is 2. The summed E-state index contributed by atoms with van der Waals surface area (Å²) in [6.45, 7) is 7.46. The van der Waals surface area contributed by atoms with Crippen LogP contribution in [0, 0.1) is 28.6 Å². The van der Waals surface area contributed by atoms with E-state index in [0.717, 1.165) is 11.1 Å². The molecule has 3 aliphatic carbocycles. The van der Waals surface area contributed by atoms with Crippen molar-refractivity contribution in [1.29, 1.82) is 0 Å². The van der Waals surface area contributed by atoms with Crippen molar-refractivity contribution in [2.75, 3.05) is 7.11 Å². The van der Waals surface area contributed by atoms with Gasteiger partial charge in [0.25, 0.3) is 0 Å². The molecule has 0 aromatic rings. The molecule has 4 aliphatic rings. The summed E-state index contributed by atoms with van der Waals surface area (Å²) in [6, 6.07) is 0. The van der Waals surface area contributed by atoms with E-state index in [1.165, 1.54) is 7.11 Å². The zero-order valence-corrected chi connectivity index (χ0v) is 16.4. The highest BCUT2D eigenvalue weighted by molar-refractivity contribution is 6.04. The Balaban J connectivity index is 2.00. The van der Waals surface area contributed by atoms with E-state index >= 15 is 0 Å². The minimum atomic E-state index is -1.22. The van der Waals surface area contributed by atoms with Gasteiger partial charge in [0.1, 0.15) is 12.2 Å². The zero-order valence-electron chi connectivity index (χ0n) is 16.4. The fourth-order valence-electron chi connectivity index (χ4n) is 6.59. The molecule has 27 heavy (non-hydrogen) atoms. The van der Waals surface area contributed by atoms with Crippen LogP contribution in [0.25, 0.3) is 0 Å². The number of rotatable bonds is 1. The molecule has 2 fully saturated rings. The van der Waals surface area contributed by atoms with Crippen LogP contribution in [-0.4, -0.2) is 42.0 Å². The van der Waals surface area contributed by atoms with Gasteiger partial charge in [0.2, 0.25) is 5.78 Å². The lowest BCUT2D eigenvalue weighted by Crippen LogP contribution is -2.69. The molecule has 0 aromatic heterocycles. The minimum Gasteiger partial charge on any atom is -0.493 e. The first-order valence-corrected chi connectivity index (χ1v) is 9.47. The van der Waals surface area contributed by atoms with Gasteiger partial charge in [0.05, 0.1) is 13.5 Å². The molecular weight excluding hydrogens is 348 g/mol. The molecule has 4 rings (SSSR count). The molecule has 0 bridgehead atoms. The Bertz CT molecular complexity index is 823. The van der Waals surface area contributed by atoms with Gasteiger partial charge in [-0.25, -0.2) is 0 Å². The van der Waals surface area contributed by atoms with Crippen molar-refractivity contribution in [1.82, 2.24) is 0 Å². The molecule has 1 aliphatic heterocycles. The molecular formula is C21H26O6. The van der Waals surface area contributed by atoms with Crippen molar-refractivity contribution >= 4 is 17.5 Å². The number of hydrogen-bond donors (Lipinski definition) is 1. The van der Waals surface area contributed by atoms with Crippen molar-refractivity contribution < 1.29 is 29.0 Å². The maximum atomic E-state index is 13.6. The summed E-state index contributed by atoms with van der Waals surface area (Å²) in [5, 5.41) is 10.4. The molecule has 6 heteroatoms. The molecule has 1 saturated heterocycles. The predicted octanol–water partition coefficient (Wildman–Crippen LogP) is 1.96. The molecule has 0 aromatic carbocycles. The van der Waals surface area contributed by atoms with Crippen LogP contribution >= 0.6 is 0 Å². The summed E-state index contributed by atoms with van der Waals surface area (Å²) in [5.74, 6) is -1.79. The number of aliphatic hydroxyl groups excluding tert-OH is 1. The maximum Gasteiger partial charge on any atom is 0.306 e. The van der Waals surface area contributed by atoms with Crippen LogP contribution in [0.2, 0.25) is 0 Å². The lowest BCUT2D eigenvalue weighted by atomic mass is 9.40. The molecule has 1 N–H and O–H groups in total. The maximum absolute atomic E-state index is 13.6. The van der Waals surface area contributed by atoms with Gasteiger partial charge in [-0.1, -0.05) is 19.4 Å². The minimum absolute atomic E-state index is 0.168. The predicted molar refractivity (Wildman–Crippen MR) is 95.3 cm³/mol. The molecule has 1 heterocycles. The highest BCUT2D eigenvalue weighted by atomic mass is 16.5. The van der Waals surface area contributed by atoms with Crippen molar-refractivity contribution in [2.24, 2.45) is 28.6 Å². The van der Waals surface area contributed by atoms with Gasteiger partial charge in [-0.2, -0.15) is 0 Å². The fourth-order valence-corrected chi connectivity index (χ4v) is 6.59. The topological polar surface area (TPSA) is 89.9 Å². The first kappa shape index (κ1) is 18.4. The first-order valence-electron chi connectivity index (χ1n) is 9.47. The van der Waals surface area contributed by atoms with Crippen LogP contribution in [0.5, 0.6) is 0 Å². The Labute approximate surface area is 158 Å². The summed E-state index contributed by atoms with van der Waals surface area (Å²) >= 11 is 0. The van der Waals surface area contributed by atoms with Crippen LogP contribution in [0.3, 0.4) is 0 Å². The third-order valence-electron chi connectivity index (χ3n) is 7.83. The third kappa shape index (κ3) is 2.02. The number of ether oxygens (including phenoxy) is 2. The highest BCUT2D eigenvalue weighted by Crippen LogP contribution is 2.66. The fraction of sp³-hybridized carbons (Fsp3) is 0.667. The van der Waals surface area contributed by atoms with Gasteiger partial charge in [-0.15, -0.1) is 0 Å². The van der Waals surface area contributed by atoms with E-state index in [1.807, 2.05) is 20.8 Å². The van der Waals surface area contributed by atoms with Gasteiger partial charge in [0, 0.05) is 22.7 Å². The lowest BCUT2D eigenvalue weighted by Gasteiger charge is -2.63. The number of hydrogen-bond acceptors (Lipinski definition) is 6. The molecule has 6 nitrogen and oxygen atoms in total.